The van der Waals surface area contributed by atoms with Crippen LogP contribution in [0.2, 0.25) is 0 Å². The predicted molar refractivity (Wildman–Crippen MR) is 63.7 cm³/mol. The van der Waals surface area contributed by atoms with Crippen molar-refractivity contribution in [2.75, 3.05) is 12.8 Å². The first-order valence-corrected chi connectivity index (χ1v) is 7.05. The fourth-order valence-electron chi connectivity index (χ4n) is 1.18. The van der Waals surface area contributed by atoms with Crippen molar-refractivity contribution in [1.29, 1.82) is 0 Å². The molecule has 0 aliphatic rings. The van der Waals surface area contributed by atoms with E-state index < -0.39 is 16.0 Å². The second-order valence-electron chi connectivity index (χ2n) is 3.53. The van der Waals surface area contributed by atoms with Crippen molar-refractivity contribution in [3.63, 3.8) is 0 Å². The summed E-state index contributed by atoms with van der Waals surface area (Å²) in [6.45, 7) is 1.95. The van der Waals surface area contributed by atoms with Crippen LogP contribution in [-0.4, -0.2) is 31.7 Å². The molecular weight excluding hydrogens is 242 g/mol. The Labute approximate surface area is 101 Å². The highest BCUT2D eigenvalue weighted by Crippen LogP contribution is 2.07. The normalized spacial score (nSPS) is 11.5. The monoisotopic (exact) mass is 257 g/mol. The molecule has 0 heterocycles. The lowest BCUT2D eigenvalue weighted by Crippen LogP contribution is -2.33. The van der Waals surface area contributed by atoms with E-state index in [1.54, 1.807) is 37.3 Å². The lowest BCUT2D eigenvalue weighted by molar-refractivity contribution is -0.0438. The summed E-state index contributed by atoms with van der Waals surface area (Å²) >= 11 is 0. The van der Waals surface area contributed by atoms with Crippen LogP contribution in [0, 0.1) is 0 Å². The van der Waals surface area contributed by atoms with Crippen molar-refractivity contribution in [3.8, 4) is 0 Å². The lowest BCUT2D eigenvalue weighted by atomic mass is 10.2. The molecule has 0 aliphatic carbocycles. The van der Waals surface area contributed by atoms with E-state index in [-0.39, 0.29) is 6.54 Å². The Kier molecular flexibility index (Phi) is 4.65. The summed E-state index contributed by atoms with van der Waals surface area (Å²) < 4.78 is 23.4. The number of benzene rings is 1. The maximum Gasteiger partial charge on any atom is 0.357 e. The number of hydrogen-bond donors (Lipinski definition) is 0. The van der Waals surface area contributed by atoms with Crippen molar-refractivity contribution in [1.82, 2.24) is 4.47 Å². The summed E-state index contributed by atoms with van der Waals surface area (Å²) in [4.78, 5) is 16.5. The second kappa shape index (κ2) is 5.79. The maximum atomic E-state index is 11.6. The largest absolute Gasteiger partial charge is 0.357 e. The molecule has 1 aromatic carbocycles. The van der Waals surface area contributed by atoms with E-state index in [9.17, 15) is 13.2 Å². The zero-order valence-electron chi connectivity index (χ0n) is 9.79. The van der Waals surface area contributed by atoms with Crippen LogP contribution < -0.4 is 0 Å². The summed E-state index contributed by atoms with van der Waals surface area (Å²) in [5.74, 6) is -0.676. The minimum atomic E-state index is -3.54. The third-order valence-corrected chi connectivity index (χ3v) is 2.97. The van der Waals surface area contributed by atoms with Crippen LogP contribution in [0.15, 0.2) is 30.3 Å². The summed E-state index contributed by atoms with van der Waals surface area (Å²) in [6, 6.07) is 8.25. The quantitative estimate of drug-likeness (QED) is 0.748. The number of hydrogen-bond acceptors (Lipinski definition) is 4. The average molecular weight is 257 g/mol. The van der Waals surface area contributed by atoms with E-state index in [4.69, 9.17) is 4.84 Å². The molecule has 1 rings (SSSR count). The zero-order chi connectivity index (χ0) is 12.9. The van der Waals surface area contributed by atoms with Crippen molar-refractivity contribution in [2.45, 2.75) is 13.3 Å². The van der Waals surface area contributed by atoms with E-state index in [1.165, 1.54) is 0 Å². The molecule has 0 saturated heterocycles. The fourth-order valence-corrected chi connectivity index (χ4v) is 1.90. The molecule has 0 aromatic heterocycles. The van der Waals surface area contributed by atoms with E-state index in [0.29, 0.717) is 16.5 Å². The maximum absolute atomic E-state index is 11.6. The van der Waals surface area contributed by atoms with Gasteiger partial charge in [-0.3, -0.25) is 0 Å². The van der Waals surface area contributed by atoms with Crippen LogP contribution in [0.5, 0.6) is 0 Å². The van der Waals surface area contributed by atoms with Crippen LogP contribution in [0.25, 0.3) is 0 Å². The molecule has 0 unspecified atom stereocenters. The molecule has 0 atom stereocenters. The van der Waals surface area contributed by atoms with Gasteiger partial charge in [-0.2, -0.15) is 0 Å². The van der Waals surface area contributed by atoms with Gasteiger partial charge in [0.05, 0.1) is 18.4 Å². The topological polar surface area (TPSA) is 63.7 Å². The third kappa shape index (κ3) is 4.16. The van der Waals surface area contributed by atoms with Crippen LogP contribution in [-0.2, 0) is 14.9 Å². The van der Waals surface area contributed by atoms with Gasteiger partial charge in [0.1, 0.15) is 0 Å². The molecular formula is C11H15NO4S. The van der Waals surface area contributed by atoms with Gasteiger partial charge in [-0.1, -0.05) is 25.1 Å². The average Bonchev–Trinajstić information content (AvgIpc) is 2.28. The Bertz CT molecular complexity index is 470. The number of carbonyl (C=O) groups is 1. The minimum absolute atomic E-state index is 0.150. The molecule has 17 heavy (non-hydrogen) atoms. The van der Waals surface area contributed by atoms with Crippen LogP contribution in [0.1, 0.15) is 23.7 Å². The van der Waals surface area contributed by atoms with E-state index >= 15 is 0 Å². The Morgan fingerprint density at radius 2 is 1.88 bits per heavy atom. The third-order valence-electron chi connectivity index (χ3n) is 1.97. The number of hydroxylamine groups is 1. The molecule has 94 valence electrons. The van der Waals surface area contributed by atoms with Gasteiger partial charge in [0.15, 0.2) is 0 Å². The van der Waals surface area contributed by atoms with Crippen molar-refractivity contribution in [3.05, 3.63) is 35.9 Å². The lowest BCUT2D eigenvalue weighted by Gasteiger charge is -2.17. The second-order valence-corrected chi connectivity index (χ2v) is 5.41. The molecule has 0 bridgehead atoms. The first-order chi connectivity index (χ1) is 7.95. The van der Waals surface area contributed by atoms with Gasteiger partial charge in [0, 0.05) is 0 Å². The molecule has 0 spiro atoms. The number of sulfonamides is 1. The van der Waals surface area contributed by atoms with Crippen LogP contribution in [0.3, 0.4) is 0 Å². The highest BCUT2D eigenvalue weighted by atomic mass is 32.2. The summed E-state index contributed by atoms with van der Waals surface area (Å²) in [5.41, 5.74) is 0.317. The molecule has 0 fully saturated rings. The smallest absolute Gasteiger partial charge is 0.348 e. The highest BCUT2D eigenvalue weighted by molar-refractivity contribution is 7.88. The van der Waals surface area contributed by atoms with Gasteiger partial charge in [0.25, 0.3) is 0 Å². The summed E-state index contributed by atoms with van der Waals surface area (Å²) in [6.07, 6.45) is 1.57. The van der Waals surface area contributed by atoms with E-state index in [1.807, 2.05) is 0 Å². The van der Waals surface area contributed by atoms with Gasteiger partial charge >= 0.3 is 5.97 Å². The first kappa shape index (κ1) is 13.7. The SMILES string of the molecule is CCCN(OC(=O)c1ccccc1)S(C)(=O)=O. The molecule has 0 amide bonds. The summed E-state index contributed by atoms with van der Waals surface area (Å²) in [5, 5.41) is 0. The Morgan fingerprint density at radius 1 is 1.29 bits per heavy atom. The van der Waals surface area contributed by atoms with Gasteiger partial charge in [-0.25, -0.2) is 13.2 Å². The highest BCUT2D eigenvalue weighted by Gasteiger charge is 2.21. The first-order valence-electron chi connectivity index (χ1n) is 5.20. The van der Waals surface area contributed by atoms with Gasteiger partial charge in [-0.05, 0) is 23.0 Å². The molecule has 0 radical (unpaired) electrons. The van der Waals surface area contributed by atoms with Crippen molar-refractivity contribution >= 4 is 16.0 Å². The van der Waals surface area contributed by atoms with Gasteiger partial charge in [-0.15, -0.1) is 0 Å². The van der Waals surface area contributed by atoms with Crippen molar-refractivity contribution < 1.29 is 18.0 Å². The van der Waals surface area contributed by atoms with Gasteiger partial charge < -0.3 is 4.84 Å². The van der Waals surface area contributed by atoms with Gasteiger partial charge in [0.2, 0.25) is 10.0 Å². The minimum Gasteiger partial charge on any atom is -0.348 e. The molecule has 0 aliphatic heterocycles. The van der Waals surface area contributed by atoms with Crippen molar-refractivity contribution in [2.24, 2.45) is 0 Å². The molecule has 6 heteroatoms. The zero-order valence-corrected chi connectivity index (χ0v) is 10.6. The summed E-state index contributed by atoms with van der Waals surface area (Å²) in [7, 11) is -3.54. The Hall–Kier alpha value is -1.40. The van der Waals surface area contributed by atoms with Crippen LogP contribution in [0.4, 0.5) is 0 Å². The predicted octanol–water partition coefficient (Wildman–Crippen LogP) is 1.43. The van der Waals surface area contributed by atoms with E-state index in [2.05, 4.69) is 0 Å². The standard InChI is InChI=1S/C11H15NO4S/c1-3-9-12(17(2,14)15)16-11(13)10-7-5-4-6-8-10/h4-8H,3,9H2,1-2H3. The number of carbonyl (C=O) groups excluding carboxylic acids is 1. The molecule has 5 nitrogen and oxygen atoms in total. The van der Waals surface area contributed by atoms with E-state index in [0.717, 1.165) is 6.26 Å². The molecule has 0 N–H and O–H groups in total. The molecule has 0 saturated carbocycles. The molecule has 1 aromatic rings. The Balaban J connectivity index is 2.79. The Morgan fingerprint density at radius 3 is 2.35 bits per heavy atom. The fraction of sp³-hybridized carbons (Fsp3) is 0.364. The number of rotatable bonds is 5. The number of nitrogens with zero attached hydrogens (tertiary/aromatic N) is 1. The van der Waals surface area contributed by atoms with Crippen LogP contribution >= 0.6 is 0 Å².